The first kappa shape index (κ1) is 15.2. The molecule has 0 aliphatic carbocycles. The minimum absolute atomic E-state index is 0.266. The van der Waals surface area contributed by atoms with E-state index < -0.39 is 0 Å². The van der Waals surface area contributed by atoms with Crippen LogP contribution in [0.4, 0.5) is 0 Å². The van der Waals surface area contributed by atoms with Gasteiger partial charge in [0.05, 0.1) is 25.9 Å². The Labute approximate surface area is 110 Å². The Morgan fingerprint density at radius 2 is 1.89 bits per heavy atom. The predicted octanol–water partition coefficient (Wildman–Crippen LogP) is 2.70. The third-order valence-electron chi connectivity index (χ3n) is 2.84. The summed E-state index contributed by atoms with van der Waals surface area (Å²) in [7, 11) is 1.69. The smallest absolute Gasteiger partial charge is 0.0701 e. The molecule has 1 atom stereocenters. The van der Waals surface area contributed by atoms with Crippen molar-refractivity contribution < 1.29 is 9.47 Å². The lowest BCUT2D eigenvalue weighted by atomic mass is 10.1. The Hall–Kier alpha value is -0.900. The molecule has 0 bridgehead atoms. The van der Waals surface area contributed by atoms with Gasteiger partial charge in [-0.3, -0.25) is 0 Å². The molecule has 0 heterocycles. The van der Waals surface area contributed by atoms with Crippen molar-refractivity contribution in [1.82, 2.24) is 5.32 Å². The number of nitrogens with one attached hydrogen (secondary N) is 1. The highest BCUT2D eigenvalue weighted by atomic mass is 16.5. The van der Waals surface area contributed by atoms with Crippen molar-refractivity contribution in [2.45, 2.75) is 26.3 Å². The van der Waals surface area contributed by atoms with Crippen LogP contribution in [0.25, 0.3) is 0 Å². The lowest BCUT2D eigenvalue weighted by molar-refractivity contribution is 0.0586. The molecule has 3 nitrogen and oxygen atoms in total. The van der Waals surface area contributed by atoms with E-state index in [1.807, 2.05) is 0 Å². The minimum Gasteiger partial charge on any atom is -0.382 e. The van der Waals surface area contributed by atoms with Crippen molar-refractivity contribution in [3.8, 4) is 0 Å². The van der Waals surface area contributed by atoms with Crippen LogP contribution in [0.15, 0.2) is 24.3 Å². The first-order valence-electron chi connectivity index (χ1n) is 6.64. The fraction of sp³-hybridized carbons (Fsp3) is 0.600. The summed E-state index contributed by atoms with van der Waals surface area (Å²) < 4.78 is 10.6. The number of rotatable bonds is 9. The molecule has 1 aromatic carbocycles. The zero-order chi connectivity index (χ0) is 13.2. The molecular formula is C15H25NO2. The monoisotopic (exact) mass is 251 g/mol. The summed E-state index contributed by atoms with van der Waals surface area (Å²) in [6, 6.07) is 8.89. The second-order valence-corrected chi connectivity index (χ2v) is 4.49. The number of aryl methyl sites for hydroxylation is 1. The fourth-order valence-electron chi connectivity index (χ4n) is 1.73. The van der Waals surface area contributed by atoms with Gasteiger partial charge < -0.3 is 14.8 Å². The highest BCUT2D eigenvalue weighted by molar-refractivity contribution is 5.24. The van der Waals surface area contributed by atoms with E-state index in [0.717, 1.165) is 13.0 Å². The number of hydrogen-bond donors (Lipinski definition) is 1. The fourth-order valence-corrected chi connectivity index (χ4v) is 1.73. The minimum atomic E-state index is 0.266. The van der Waals surface area contributed by atoms with Gasteiger partial charge in [-0.1, -0.05) is 36.8 Å². The Balaban J connectivity index is 2.51. The molecule has 0 saturated carbocycles. The van der Waals surface area contributed by atoms with Crippen molar-refractivity contribution in [3.05, 3.63) is 35.4 Å². The van der Waals surface area contributed by atoms with Gasteiger partial charge in [0.1, 0.15) is 0 Å². The van der Waals surface area contributed by atoms with Crippen molar-refractivity contribution in [3.63, 3.8) is 0 Å². The summed E-state index contributed by atoms with van der Waals surface area (Å²) in [4.78, 5) is 0. The molecule has 102 valence electrons. The van der Waals surface area contributed by atoms with E-state index in [1.165, 1.54) is 11.1 Å². The zero-order valence-electron chi connectivity index (χ0n) is 11.7. The van der Waals surface area contributed by atoms with Crippen LogP contribution in [0.3, 0.4) is 0 Å². The van der Waals surface area contributed by atoms with Gasteiger partial charge in [0.15, 0.2) is 0 Å². The molecule has 0 saturated heterocycles. The number of methoxy groups -OCH3 is 1. The van der Waals surface area contributed by atoms with E-state index in [4.69, 9.17) is 9.47 Å². The topological polar surface area (TPSA) is 30.5 Å². The molecule has 1 rings (SSSR count). The summed E-state index contributed by atoms with van der Waals surface area (Å²) in [6.07, 6.45) is 1.13. The van der Waals surface area contributed by atoms with E-state index in [1.54, 1.807) is 7.11 Å². The first-order chi connectivity index (χ1) is 8.77. The molecule has 1 N–H and O–H groups in total. The Morgan fingerprint density at radius 1 is 1.17 bits per heavy atom. The highest BCUT2D eigenvalue weighted by Gasteiger charge is 2.10. The van der Waals surface area contributed by atoms with Crippen LogP contribution in [0, 0.1) is 6.92 Å². The van der Waals surface area contributed by atoms with E-state index in [2.05, 4.69) is 43.4 Å². The standard InChI is InChI=1S/C15H25NO2/c1-4-9-16-15(12-18-11-10-17-3)14-7-5-13(2)6-8-14/h5-8,15-16H,4,9-12H2,1-3H3. The summed E-state index contributed by atoms with van der Waals surface area (Å²) in [6.45, 7) is 7.26. The highest BCUT2D eigenvalue weighted by Crippen LogP contribution is 2.14. The largest absolute Gasteiger partial charge is 0.382 e. The molecule has 18 heavy (non-hydrogen) atoms. The lowest BCUT2D eigenvalue weighted by Crippen LogP contribution is -2.26. The second-order valence-electron chi connectivity index (χ2n) is 4.49. The van der Waals surface area contributed by atoms with Gasteiger partial charge in [-0.15, -0.1) is 0 Å². The molecule has 1 unspecified atom stereocenters. The van der Waals surface area contributed by atoms with Crippen molar-refractivity contribution in [2.75, 3.05) is 33.5 Å². The van der Waals surface area contributed by atoms with E-state index in [-0.39, 0.29) is 6.04 Å². The third kappa shape index (κ3) is 5.63. The van der Waals surface area contributed by atoms with Gasteiger partial charge in [-0.2, -0.15) is 0 Å². The van der Waals surface area contributed by atoms with Crippen LogP contribution in [0.5, 0.6) is 0 Å². The van der Waals surface area contributed by atoms with Gasteiger partial charge in [-0.05, 0) is 25.5 Å². The molecule has 0 amide bonds. The maximum Gasteiger partial charge on any atom is 0.0701 e. The second kappa shape index (κ2) is 9.09. The Bertz CT molecular complexity index is 311. The normalized spacial score (nSPS) is 12.6. The van der Waals surface area contributed by atoms with Crippen LogP contribution >= 0.6 is 0 Å². The number of ether oxygens (including phenoxy) is 2. The average Bonchev–Trinajstić information content (AvgIpc) is 2.39. The molecule has 3 heteroatoms. The summed E-state index contributed by atoms with van der Waals surface area (Å²) in [5.41, 5.74) is 2.57. The molecule has 0 aromatic heterocycles. The summed E-state index contributed by atoms with van der Waals surface area (Å²) >= 11 is 0. The van der Waals surface area contributed by atoms with Crippen molar-refractivity contribution in [1.29, 1.82) is 0 Å². The molecular weight excluding hydrogens is 226 g/mol. The van der Waals surface area contributed by atoms with Gasteiger partial charge in [0, 0.05) is 7.11 Å². The number of benzene rings is 1. The predicted molar refractivity (Wildman–Crippen MR) is 74.9 cm³/mol. The van der Waals surface area contributed by atoms with Crippen molar-refractivity contribution >= 4 is 0 Å². The maximum atomic E-state index is 5.63. The van der Waals surface area contributed by atoms with Gasteiger partial charge >= 0.3 is 0 Å². The lowest BCUT2D eigenvalue weighted by Gasteiger charge is -2.19. The summed E-state index contributed by atoms with van der Waals surface area (Å²) in [5.74, 6) is 0. The maximum absolute atomic E-state index is 5.63. The van der Waals surface area contributed by atoms with Crippen LogP contribution in [-0.4, -0.2) is 33.5 Å². The van der Waals surface area contributed by atoms with E-state index in [9.17, 15) is 0 Å². The van der Waals surface area contributed by atoms with Crippen LogP contribution in [0.2, 0.25) is 0 Å². The zero-order valence-corrected chi connectivity index (χ0v) is 11.7. The molecule has 0 spiro atoms. The molecule has 0 aliphatic rings. The van der Waals surface area contributed by atoms with Gasteiger partial charge in [0.25, 0.3) is 0 Å². The average molecular weight is 251 g/mol. The third-order valence-corrected chi connectivity index (χ3v) is 2.84. The van der Waals surface area contributed by atoms with Crippen LogP contribution in [-0.2, 0) is 9.47 Å². The van der Waals surface area contributed by atoms with Crippen LogP contribution < -0.4 is 5.32 Å². The van der Waals surface area contributed by atoms with Crippen molar-refractivity contribution in [2.24, 2.45) is 0 Å². The molecule has 0 radical (unpaired) electrons. The van der Waals surface area contributed by atoms with Gasteiger partial charge in [0.2, 0.25) is 0 Å². The van der Waals surface area contributed by atoms with E-state index >= 15 is 0 Å². The summed E-state index contributed by atoms with van der Waals surface area (Å²) in [5, 5.41) is 3.52. The Morgan fingerprint density at radius 3 is 2.50 bits per heavy atom. The Kier molecular flexibility index (Phi) is 7.65. The van der Waals surface area contributed by atoms with Gasteiger partial charge in [-0.25, -0.2) is 0 Å². The number of hydrogen-bond acceptors (Lipinski definition) is 3. The molecule has 0 fully saturated rings. The van der Waals surface area contributed by atoms with E-state index in [0.29, 0.717) is 19.8 Å². The molecule has 0 aliphatic heterocycles. The quantitative estimate of drug-likeness (QED) is 0.685. The first-order valence-corrected chi connectivity index (χ1v) is 6.64. The molecule has 1 aromatic rings. The van der Waals surface area contributed by atoms with Crippen LogP contribution in [0.1, 0.15) is 30.5 Å². The SMILES string of the molecule is CCCNC(COCCOC)c1ccc(C)cc1.